The zero-order valence-corrected chi connectivity index (χ0v) is 9.61. The molecule has 1 saturated carbocycles. The van der Waals surface area contributed by atoms with Crippen LogP contribution in [0.3, 0.4) is 0 Å². The molecule has 1 amide bonds. The van der Waals surface area contributed by atoms with Crippen molar-refractivity contribution in [1.29, 1.82) is 0 Å². The maximum Gasteiger partial charge on any atom is 0.306 e. The SMILES string of the molecule is CCCC(N)C(=O)NC1CCC(C(=O)O)C1. The summed E-state index contributed by atoms with van der Waals surface area (Å²) in [5.74, 6) is -1.24. The number of carboxylic acid groups (broad SMARTS) is 1. The van der Waals surface area contributed by atoms with Gasteiger partial charge in [-0.2, -0.15) is 0 Å². The van der Waals surface area contributed by atoms with Crippen LogP contribution >= 0.6 is 0 Å². The Bertz CT molecular complexity index is 268. The van der Waals surface area contributed by atoms with Crippen molar-refractivity contribution in [2.45, 2.75) is 51.1 Å². The standard InChI is InChI=1S/C11H20N2O3/c1-2-3-9(12)10(14)13-8-5-4-7(6-8)11(15)16/h7-9H,2-6,12H2,1H3,(H,13,14)(H,15,16). The summed E-state index contributed by atoms with van der Waals surface area (Å²) in [5, 5.41) is 11.6. The van der Waals surface area contributed by atoms with Crippen molar-refractivity contribution < 1.29 is 14.7 Å². The van der Waals surface area contributed by atoms with Gasteiger partial charge in [0.2, 0.25) is 5.91 Å². The number of rotatable bonds is 5. The Morgan fingerprint density at radius 2 is 2.19 bits per heavy atom. The topological polar surface area (TPSA) is 92.4 Å². The van der Waals surface area contributed by atoms with E-state index in [4.69, 9.17) is 10.8 Å². The van der Waals surface area contributed by atoms with Gasteiger partial charge in [0.1, 0.15) is 0 Å². The molecule has 3 unspecified atom stereocenters. The van der Waals surface area contributed by atoms with Gasteiger partial charge in [0.25, 0.3) is 0 Å². The van der Waals surface area contributed by atoms with E-state index in [9.17, 15) is 9.59 Å². The lowest BCUT2D eigenvalue weighted by atomic mass is 10.1. The molecule has 16 heavy (non-hydrogen) atoms. The van der Waals surface area contributed by atoms with Gasteiger partial charge in [-0.15, -0.1) is 0 Å². The molecule has 0 aliphatic heterocycles. The quantitative estimate of drug-likeness (QED) is 0.638. The molecular formula is C11H20N2O3. The Kier molecular flexibility index (Phi) is 4.73. The van der Waals surface area contributed by atoms with Gasteiger partial charge >= 0.3 is 5.97 Å². The minimum atomic E-state index is -0.769. The molecule has 0 spiro atoms. The van der Waals surface area contributed by atoms with Gasteiger partial charge in [-0.05, 0) is 25.7 Å². The molecule has 0 aromatic heterocycles. The highest BCUT2D eigenvalue weighted by Crippen LogP contribution is 2.25. The first-order valence-electron chi connectivity index (χ1n) is 5.83. The van der Waals surface area contributed by atoms with Crippen molar-refractivity contribution in [1.82, 2.24) is 5.32 Å². The van der Waals surface area contributed by atoms with Gasteiger partial charge in [0.05, 0.1) is 12.0 Å². The summed E-state index contributed by atoms with van der Waals surface area (Å²) < 4.78 is 0. The predicted octanol–water partition coefficient (Wildman–Crippen LogP) is 0.483. The Morgan fingerprint density at radius 1 is 1.50 bits per heavy atom. The van der Waals surface area contributed by atoms with E-state index in [0.717, 1.165) is 12.8 Å². The number of hydrogen-bond donors (Lipinski definition) is 3. The van der Waals surface area contributed by atoms with Crippen molar-refractivity contribution in [3.63, 3.8) is 0 Å². The molecule has 5 nitrogen and oxygen atoms in total. The van der Waals surface area contributed by atoms with E-state index in [1.807, 2.05) is 6.92 Å². The van der Waals surface area contributed by atoms with Crippen LogP contribution in [0.4, 0.5) is 0 Å². The first kappa shape index (κ1) is 13.0. The lowest BCUT2D eigenvalue weighted by Gasteiger charge is -2.16. The summed E-state index contributed by atoms with van der Waals surface area (Å²) in [7, 11) is 0. The fourth-order valence-corrected chi connectivity index (χ4v) is 2.09. The lowest BCUT2D eigenvalue weighted by molar-refractivity contribution is -0.141. The van der Waals surface area contributed by atoms with Crippen molar-refractivity contribution in [3.05, 3.63) is 0 Å². The van der Waals surface area contributed by atoms with Crippen LogP contribution in [0.5, 0.6) is 0 Å². The first-order chi connectivity index (χ1) is 7.54. The fraction of sp³-hybridized carbons (Fsp3) is 0.818. The molecule has 0 heterocycles. The molecule has 1 aliphatic carbocycles. The molecule has 1 rings (SSSR count). The van der Waals surface area contributed by atoms with Crippen LogP contribution in [-0.4, -0.2) is 29.1 Å². The van der Waals surface area contributed by atoms with Crippen LogP contribution < -0.4 is 11.1 Å². The monoisotopic (exact) mass is 228 g/mol. The molecule has 0 bridgehead atoms. The van der Waals surface area contributed by atoms with Crippen LogP contribution in [0.2, 0.25) is 0 Å². The van der Waals surface area contributed by atoms with E-state index in [1.54, 1.807) is 0 Å². The number of nitrogens with two attached hydrogens (primary N) is 1. The third-order valence-corrected chi connectivity index (χ3v) is 3.06. The normalized spacial score (nSPS) is 26.4. The molecule has 1 aliphatic rings. The van der Waals surface area contributed by atoms with E-state index >= 15 is 0 Å². The Labute approximate surface area is 95.4 Å². The molecule has 1 fully saturated rings. The molecular weight excluding hydrogens is 208 g/mol. The van der Waals surface area contributed by atoms with Crippen LogP contribution in [0, 0.1) is 5.92 Å². The third kappa shape index (κ3) is 3.48. The maximum atomic E-state index is 11.6. The molecule has 92 valence electrons. The molecule has 0 radical (unpaired) electrons. The number of carbonyl (C=O) groups excluding carboxylic acids is 1. The van der Waals surface area contributed by atoms with E-state index in [-0.39, 0.29) is 17.9 Å². The third-order valence-electron chi connectivity index (χ3n) is 3.06. The van der Waals surface area contributed by atoms with E-state index in [2.05, 4.69) is 5.32 Å². The first-order valence-corrected chi connectivity index (χ1v) is 5.83. The van der Waals surface area contributed by atoms with E-state index < -0.39 is 12.0 Å². The zero-order chi connectivity index (χ0) is 12.1. The molecule has 0 aromatic rings. The fourth-order valence-electron chi connectivity index (χ4n) is 2.09. The second-order valence-electron chi connectivity index (χ2n) is 4.45. The van der Waals surface area contributed by atoms with E-state index in [0.29, 0.717) is 19.3 Å². The van der Waals surface area contributed by atoms with Gasteiger partial charge in [0.15, 0.2) is 0 Å². The van der Waals surface area contributed by atoms with Gasteiger partial charge < -0.3 is 16.2 Å². The number of carbonyl (C=O) groups is 2. The van der Waals surface area contributed by atoms with Crippen LogP contribution in [-0.2, 0) is 9.59 Å². The average molecular weight is 228 g/mol. The predicted molar refractivity (Wildman–Crippen MR) is 59.8 cm³/mol. The molecule has 0 aromatic carbocycles. The van der Waals surface area contributed by atoms with Crippen molar-refractivity contribution in [3.8, 4) is 0 Å². The highest BCUT2D eigenvalue weighted by atomic mass is 16.4. The van der Waals surface area contributed by atoms with E-state index in [1.165, 1.54) is 0 Å². The number of hydrogen-bond acceptors (Lipinski definition) is 3. The lowest BCUT2D eigenvalue weighted by Crippen LogP contribution is -2.44. The highest BCUT2D eigenvalue weighted by Gasteiger charge is 2.31. The Morgan fingerprint density at radius 3 is 2.69 bits per heavy atom. The van der Waals surface area contributed by atoms with Crippen molar-refractivity contribution >= 4 is 11.9 Å². The van der Waals surface area contributed by atoms with Gasteiger partial charge in [0, 0.05) is 6.04 Å². The molecule has 4 N–H and O–H groups in total. The summed E-state index contributed by atoms with van der Waals surface area (Å²) in [6.07, 6.45) is 3.45. The van der Waals surface area contributed by atoms with Crippen molar-refractivity contribution in [2.75, 3.05) is 0 Å². The molecule has 5 heteroatoms. The smallest absolute Gasteiger partial charge is 0.306 e. The van der Waals surface area contributed by atoms with Crippen LogP contribution in [0.25, 0.3) is 0 Å². The minimum Gasteiger partial charge on any atom is -0.481 e. The maximum absolute atomic E-state index is 11.6. The number of nitrogens with one attached hydrogen (secondary N) is 1. The van der Waals surface area contributed by atoms with Gasteiger partial charge in [-0.3, -0.25) is 9.59 Å². The highest BCUT2D eigenvalue weighted by molar-refractivity contribution is 5.81. The van der Waals surface area contributed by atoms with Gasteiger partial charge in [-0.25, -0.2) is 0 Å². The second kappa shape index (κ2) is 5.84. The molecule has 3 atom stereocenters. The number of aliphatic carboxylic acids is 1. The van der Waals surface area contributed by atoms with Gasteiger partial charge in [-0.1, -0.05) is 13.3 Å². The summed E-state index contributed by atoms with van der Waals surface area (Å²) in [4.78, 5) is 22.3. The summed E-state index contributed by atoms with van der Waals surface area (Å²) in [6, 6.07) is -0.481. The summed E-state index contributed by atoms with van der Waals surface area (Å²) in [5.41, 5.74) is 5.67. The number of carboxylic acids is 1. The largest absolute Gasteiger partial charge is 0.481 e. The average Bonchev–Trinajstić information content (AvgIpc) is 2.66. The van der Waals surface area contributed by atoms with Crippen LogP contribution in [0.15, 0.2) is 0 Å². The summed E-state index contributed by atoms with van der Waals surface area (Å²) >= 11 is 0. The summed E-state index contributed by atoms with van der Waals surface area (Å²) in [6.45, 7) is 1.98. The minimum absolute atomic E-state index is 0.0171. The Balaban J connectivity index is 2.33. The van der Waals surface area contributed by atoms with Crippen LogP contribution in [0.1, 0.15) is 39.0 Å². The molecule has 0 saturated heterocycles. The zero-order valence-electron chi connectivity index (χ0n) is 9.61. The number of amides is 1. The Hall–Kier alpha value is -1.10. The second-order valence-corrected chi connectivity index (χ2v) is 4.45. The van der Waals surface area contributed by atoms with Crippen molar-refractivity contribution in [2.24, 2.45) is 11.7 Å².